The van der Waals surface area contributed by atoms with Crippen LogP contribution < -0.4 is 0 Å². The van der Waals surface area contributed by atoms with E-state index in [0.29, 0.717) is 33.0 Å². The Bertz CT molecular complexity index is 2620. The maximum Gasteiger partial charge on any atom is 0.294 e. The van der Waals surface area contributed by atoms with E-state index in [4.69, 9.17) is 0 Å². The highest BCUT2D eigenvalue weighted by Crippen LogP contribution is 2.35. The molecule has 0 saturated carbocycles. The van der Waals surface area contributed by atoms with Crippen LogP contribution in [0, 0.1) is 0 Å². The minimum Gasteiger partial charge on any atom is -0.282 e. The lowest BCUT2D eigenvalue weighted by atomic mass is 9.96. The fraction of sp³-hybridized carbons (Fsp3) is 0. The van der Waals surface area contributed by atoms with Crippen LogP contribution in [-0.4, -0.2) is 51.9 Å². The van der Waals surface area contributed by atoms with Crippen LogP contribution in [0.15, 0.2) is 129 Å². The van der Waals surface area contributed by atoms with Crippen LogP contribution in [0.1, 0.15) is 11.1 Å². The van der Waals surface area contributed by atoms with Crippen molar-refractivity contribution in [3.63, 3.8) is 0 Å². The topological polar surface area (TPSA) is 217 Å². The first-order valence-electron chi connectivity index (χ1n) is 14.2. The Kier molecular flexibility index (Phi) is 8.78. The molecular formula is C34H24O12S4. The van der Waals surface area contributed by atoms with Crippen molar-refractivity contribution in [2.24, 2.45) is 0 Å². The highest BCUT2D eigenvalue weighted by atomic mass is 32.2. The van der Waals surface area contributed by atoms with Crippen molar-refractivity contribution < 1.29 is 51.9 Å². The number of hydrogen-bond acceptors (Lipinski definition) is 8. The monoisotopic (exact) mass is 752 g/mol. The van der Waals surface area contributed by atoms with Crippen LogP contribution in [0.3, 0.4) is 0 Å². The third-order valence-electron chi connectivity index (χ3n) is 7.90. The summed E-state index contributed by atoms with van der Waals surface area (Å²) in [5.41, 5.74) is 3.41. The lowest BCUT2D eigenvalue weighted by molar-refractivity contribution is 0.480. The molecule has 0 radical (unpaired) electrons. The Morgan fingerprint density at radius 2 is 0.660 bits per heavy atom. The van der Waals surface area contributed by atoms with E-state index in [0.717, 1.165) is 35.4 Å². The van der Waals surface area contributed by atoms with E-state index in [-0.39, 0.29) is 10.8 Å². The second-order valence-electron chi connectivity index (χ2n) is 11.2. The molecule has 50 heavy (non-hydrogen) atoms. The molecule has 256 valence electrons. The maximum absolute atomic E-state index is 12.0. The summed E-state index contributed by atoms with van der Waals surface area (Å²) in [6.45, 7) is 0. The van der Waals surface area contributed by atoms with E-state index in [2.05, 4.69) is 0 Å². The quantitative estimate of drug-likeness (QED) is 0.0970. The molecule has 0 atom stereocenters. The molecule has 6 aromatic rings. The smallest absolute Gasteiger partial charge is 0.282 e. The van der Waals surface area contributed by atoms with Gasteiger partial charge in [0.05, 0.1) is 19.6 Å². The summed E-state index contributed by atoms with van der Waals surface area (Å²) < 4.78 is 133. The molecule has 0 saturated heterocycles. The summed E-state index contributed by atoms with van der Waals surface area (Å²) in [5, 5.41) is 1.28. The van der Waals surface area contributed by atoms with E-state index >= 15 is 0 Å². The fourth-order valence-electron chi connectivity index (χ4n) is 5.48. The Morgan fingerprint density at radius 1 is 0.360 bits per heavy atom. The molecule has 0 bridgehead atoms. The maximum atomic E-state index is 12.0. The van der Waals surface area contributed by atoms with Gasteiger partial charge in [-0.1, -0.05) is 72.8 Å². The second-order valence-corrected chi connectivity index (χ2v) is 16.9. The summed E-state index contributed by atoms with van der Waals surface area (Å²) in [6, 6.07) is 26.1. The predicted octanol–water partition coefficient (Wildman–Crippen LogP) is 6.48. The van der Waals surface area contributed by atoms with Gasteiger partial charge in [-0.15, -0.1) is 0 Å². The first-order chi connectivity index (χ1) is 23.3. The molecule has 0 fully saturated rings. The Hall–Kier alpha value is -4.78. The van der Waals surface area contributed by atoms with Gasteiger partial charge in [0.25, 0.3) is 40.5 Å². The summed E-state index contributed by atoms with van der Waals surface area (Å²) in [4.78, 5) is -1.79. The Morgan fingerprint density at radius 3 is 0.960 bits per heavy atom. The second kappa shape index (κ2) is 12.5. The van der Waals surface area contributed by atoms with Crippen molar-refractivity contribution in [3.8, 4) is 22.3 Å². The number of rotatable bonds is 8. The lowest BCUT2D eigenvalue weighted by Gasteiger charge is -2.11. The highest BCUT2D eigenvalue weighted by Gasteiger charge is 2.19. The first-order valence-corrected chi connectivity index (χ1v) is 20.0. The van der Waals surface area contributed by atoms with E-state index in [1.165, 1.54) is 36.4 Å². The lowest BCUT2D eigenvalue weighted by Crippen LogP contribution is -2.01. The van der Waals surface area contributed by atoms with Gasteiger partial charge in [0.2, 0.25) is 0 Å². The van der Waals surface area contributed by atoms with Gasteiger partial charge in [-0.05, 0) is 103 Å². The Balaban J connectivity index is 1.31. The molecule has 0 aliphatic carbocycles. The van der Waals surface area contributed by atoms with E-state index in [1.54, 1.807) is 60.7 Å². The molecule has 0 aliphatic heterocycles. The van der Waals surface area contributed by atoms with Gasteiger partial charge in [0, 0.05) is 0 Å². The predicted molar refractivity (Wildman–Crippen MR) is 187 cm³/mol. The van der Waals surface area contributed by atoms with Crippen molar-refractivity contribution in [2.75, 3.05) is 0 Å². The van der Waals surface area contributed by atoms with Crippen LogP contribution in [0.4, 0.5) is 0 Å². The summed E-state index contributed by atoms with van der Waals surface area (Å²) in [6.07, 6.45) is 3.60. The van der Waals surface area contributed by atoms with Crippen LogP contribution in [0.2, 0.25) is 0 Å². The van der Waals surface area contributed by atoms with Gasteiger partial charge in [-0.3, -0.25) is 18.2 Å². The summed E-state index contributed by atoms with van der Waals surface area (Å²) in [7, 11) is -18.5. The molecule has 6 rings (SSSR count). The molecular weight excluding hydrogens is 729 g/mol. The molecule has 0 aliphatic rings. The van der Waals surface area contributed by atoms with Gasteiger partial charge < -0.3 is 0 Å². The molecule has 0 heterocycles. The van der Waals surface area contributed by atoms with Gasteiger partial charge >= 0.3 is 0 Å². The van der Waals surface area contributed by atoms with Crippen LogP contribution in [0.25, 0.3) is 56.0 Å². The molecule has 0 amide bonds. The van der Waals surface area contributed by atoms with Gasteiger partial charge in [-0.25, -0.2) is 0 Å². The third-order valence-corrected chi connectivity index (χ3v) is 11.3. The van der Waals surface area contributed by atoms with Crippen molar-refractivity contribution >= 4 is 74.2 Å². The minimum absolute atomic E-state index is 0.165. The average molecular weight is 753 g/mol. The highest BCUT2D eigenvalue weighted by molar-refractivity contribution is 7.86. The summed E-state index contributed by atoms with van der Waals surface area (Å²) in [5.74, 6) is 0. The standard InChI is InChI=1S/C34H24O12S4/c35-47(36,37)27-11-13-31-25(15-27)17-29(49(41,42)43)19-33(31)23-7-3-21(4-8-23)1-2-22-5-9-24(10-6-22)34-20-30(50(44,45)46)18-26-16-28(48(38,39)40)12-14-32(26)34/h1-20H,(H,35,36,37)(H,38,39,40)(H,41,42,43)(H,44,45,46). The van der Waals surface area contributed by atoms with Gasteiger partial charge in [-0.2, -0.15) is 33.7 Å². The molecule has 12 nitrogen and oxygen atoms in total. The molecule has 16 heteroatoms. The Labute approximate surface area is 287 Å². The van der Waals surface area contributed by atoms with Gasteiger partial charge in [0.1, 0.15) is 0 Å². The SMILES string of the molecule is O=S(=O)(O)c1ccc2c(-c3ccc(C=Cc4ccc(-c5cc(S(=O)(=O)O)cc6cc(S(=O)(=O)O)ccc56)cc4)cc3)cc(S(=O)(=O)O)cc2c1. The fourth-order valence-corrected chi connectivity index (χ4v) is 7.59. The molecule has 0 unspecified atom stereocenters. The minimum atomic E-state index is -4.66. The van der Waals surface area contributed by atoms with Crippen molar-refractivity contribution in [2.45, 2.75) is 19.6 Å². The van der Waals surface area contributed by atoms with Crippen LogP contribution >= 0.6 is 0 Å². The van der Waals surface area contributed by atoms with E-state index in [9.17, 15) is 51.9 Å². The summed E-state index contributed by atoms with van der Waals surface area (Å²) >= 11 is 0. The number of benzene rings is 6. The number of fused-ring (bicyclic) bond motifs is 2. The zero-order valence-electron chi connectivity index (χ0n) is 25.2. The van der Waals surface area contributed by atoms with Crippen molar-refractivity contribution in [1.82, 2.24) is 0 Å². The third kappa shape index (κ3) is 7.37. The molecule has 0 aromatic heterocycles. The normalized spacial score (nSPS) is 13.0. The van der Waals surface area contributed by atoms with E-state index in [1.807, 2.05) is 0 Å². The van der Waals surface area contributed by atoms with Crippen molar-refractivity contribution in [3.05, 3.63) is 120 Å². The van der Waals surface area contributed by atoms with Gasteiger partial charge in [0.15, 0.2) is 0 Å². The average Bonchev–Trinajstić information content (AvgIpc) is 3.04. The zero-order valence-corrected chi connectivity index (χ0v) is 28.5. The van der Waals surface area contributed by atoms with Crippen LogP contribution in [-0.2, 0) is 40.5 Å². The van der Waals surface area contributed by atoms with Crippen molar-refractivity contribution in [1.29, 1.82) is 0 Å². The largest absolute Gasteiger partial charge is 0.294 e. The zero-order chi connectivity index (χ0) is 36.2. The molecule has 4 N–H and O–H groups in total. The number of hydrogen-bond donors (Lipinski definition) is 4. The first kappa shape index (κ1) is 35.1. The van der Waals surface area contributed by atoms with E-state index < -0.39 is 60.1 Å². The molecule has 6 aromatic carbocycles. The van der Waals surface area contributed by atoms with Crippen LogP contribution in [0.5, 0.6) is 0 Å². The molecule has 0 spiro atoms.